The number of aliphatic imine (C=N–C) groups is 1. The van der Waals surface area contributed by atoms with Crippen LogP contribution in [0, 0.1) is 6.92 Å². The molecule has 0 fully saturated rings. The molecular weight excluding hydrogens is 152 g/mol. The summed E-state index contributed by atoms with van der Waals surface area (Å²) in [5, 5.41) is 3.17. The maximum Gasteiger partial charge on any atom is 0.155 e. The van der Waals surface area contributed by atoms with Gasteiger partial charge in [-0.1, -0.05) is 0 Å². The molecule has 0 saturated heterocycles. The number of rotatable bonds is 0. The Labute approximate surface area is 70.8 Å². The Bertz CT molecular complexity index is 343. The van der Waals surface area contributed by atoms with Crippen LogP contribution in [-0.4, -0.2) is 22.2 Å². The molecule has 1 aliphatic rings. The van der Waals surface area contributed by atoms with Gasteiger partial charge in [0.25, 0.3) is 0 Å². The summed E-state index contributed by atoms with van der Waals surface area (Å²) in [6.07, 6.45) is 1.55. The molecule has 12 heavy (non-hydrogen) atoms. The lowest BCUT2D eigenvalue weighted by molar-refractivity contribution is 1.07. The van der Waals surface area contributed by atoms with Gasteiger partial charge in [0.05, 0.1) is 12.2 Å². The van der Waals surface area contributed by atoms with Crippen LogP contribution in [-0.2, 0) is 0 Å². The summed E-state index contributed by atoms with van der Waals surface area (Å²) < 4.78 is 0. The lowest BCUT2D eigenvalue weighted by atomic mass is 10.3. The molecule has 0 atom stereocenters. The maximum absolute atomic E-state index is 4.37. The zero-order valence-electron chi connectivity index (χ0n) is 7.13. The average molecular weight is 162 g/mol. The van der Waals surface area contributed by atoms with E-state index in [0.29, 0.717) is 0 Å². The third-order valence-electron chi connectivity index (χ3n) is 1.82. The highest BCUT2D eigenvalue weighted by Gasteiger charge is 2.11. The van der Waals surface area contributed by atoms with E-state index in [1.807, 2.05) is 13.8 Å². The Kier molecular flexibility index (Phi) is 1.53. The second-order valence-corrected chi connectivity index (χ2v) is 2.86. The summed E-state index contributed by atoms with van der Waals surface area (Å²) in [6.45, 7) is 4.70. The Hall–Kier alpha value is -1.45. The molecule has 1 aromatic rings. The molecule has 4 nitrogen and oxygen atoms in total. The number of hydrogen-bond acceptors (Lipinski definition) is 4. The summed E-state index contributed by atoms with van der Waals surface area (Å²) in [5.41, 5.74) is 2.87. The highest BCUT2D eigenvalue weighted by molar-refractivity contribution is 5.93. The number of fused-ring (bicyclic) bond motifs is 1. The van der Waals surface area contributed by atoms with Crippen LogP contribution < -0.4 is 5.32 Å². The van der Waals surface area contributed by atoms with Crippen molar-refractivity contribution in [2.75, 3.05) is 11.9 Å². The number of nitrogens with one attached hydrogen (secondary N) is 1. The van der Waals surface area contributed by atoms with Gasteiger partial charge in [0.2, 0.25) is 0 Å². The van der Waals surface area contributed by atoms with Gasteiger partial charge in [0.1, 0.15) is 12.0 Å². The van der Waals surface area contributed by atoms with Crippen LogP contribution in [0.25, 0.3) is 0 Å². The first-order valence-electron chi connectivity index (χ1n) is 3.87. The van der Waals surface area contributed by atoms with Crippen LogP contribution in [0.15, 0.2) is 11.3 Å². The highest BCUT2D eigenvalue weighted by Crippen LogP contribution is 2.27. The van der Waals surface area contributed by atoms with E-state index in [2.05, 4.69) is 20.3 Å². The predicted molar refractivity (Wildman–Crippen MR) is 48.0 cm³/mol. The van der Waals surface area contributed by atoms with Crippen molar-refractivity contribution in [3.63, 3.8) is 0 Å². The Morgan fingerprint density at radius 3 is 3.00 bits per heavy atom. The van der Waals surface area contributed by atoms with Gasteiger partial charge in [-0.05, 0) is 13.8 Å². The largest absolute Gasteiger partial charge is 0.363 e. The van der Waals surface area contributed by atoms with Gasteiger partial charge < -0.3 is 5.32 Å². The van der Waals surface area contributed by atoms with Crippen LogP contribution in [0.2, 0.25) is 0 Å². The van der Waals surface area contributed by atoms with Crippen LogP contribution in [0.4, 0.5) is 11.5 Å². The zero-order chi connectivity index (χ0) is 8.55. The summed E-state index contributed by atoms with van der Waals surface area (Å²) in [6, 6.07) is 0. The van der Waals surface area contributed by atoms with Crippen LogP contribution in [0.5, 0.6) is 0 Å². The minimum Gasteiger partial charge on any atom is -0.363 e. The molecule has 0 aliphatic carbocycles. The van der Waals surface area contributed by atoms with Crippen molar-refractivity contribution < 1.29 is 0 Å². The second kappa shape index (κ2) is 2.55. The predicted octanol–water partition coefficient (Wildman–Crippen LogP) is 1.30. The molecule has 2 heterocycles. The topological polar surface area (TPSA) is 50.2 Å². The number of anilines is 1. The molecule has 1 aliphatic heterocycles. The fourth-order valence-corrected chi connectivity index (χ4v) is 1.17. The first-order valence-corrected chi connectivity index (χ1v) is 3.87. The number of aryl methyl sites for hydroxylation is 1. The van der Waals surface area contributed by atoms with Crippen molar-refractivity contribution in [2.24, 2.45) is 4.99 Å². The van der Waals surface area contributed by atoms with Crippen LogP contribution in [0.3, 0.4) is 0 Å². The summed E-state index contributed by atoms with van der Waals surface area (Å²) in [7, 11) is 0. The molecule has 0 amide bonds. The number of nitrogens with zero attached hydrogens (tertiary/aromatic N) is 3. The minimum absolute atomic E-state index is 0.781. The lowest BCUT2D eigenvalue weighted by Gasteiger charge is -2.14. The van der Waals surface area contributed by atoms with Crippen molar-refractivity contribution in [3.05, 3.63) is 12.0 Å². The second-order valence-electron chi connectivity index (χ2n) is 2.86. The van der Waals surface area contributed by atoms with Gasteiger partial charge in [-0.3, -0.25) is 4.99 Å². The fraction of sp³-hybridized carbons (Fsp3) is 0.375. The molecular formula is C8H10N4. The van der Waals surface area contributed by atoms with Crippen molar-refractivity contribution in [1.29, 1.82) is 0 Å². The molecule has 0 bridgehead atoms. The molecule has 0 spiro atoms. The summed E-state index contributed by atoms with van der Waals surface area (Å²) in [4.78, 5) is 12.5. The number of hydrogen-bond donors (Lipinski definition) is 1. The minimum atomic E-state index is 0.781. The van der Waals surface area contributed by atoms with Gasteiger partial charge in [0.15, 0.2) is 5.82 Å². The van der Waals surface area contributed by atoms with E-state index in [1.54, 1.807) is 6.33 Å². The highest BCUT2D eigenvalue weighted by atomic mass is 15.1. The van der Waals surface area contributed by atoms with E-state index in [4.69, 9.17) is 0 Å². The van der Waals surface area contributed by atoms with Gasteiger partial charge in [-0.15, -0.1) is 0 Å². The summed E-state index contributed by atoms with van der Waals surface area (Å²) >= 11 is 0. The molecule has 1 aromatic heterocycles. The molecule has 4 heteroatoms. The maximum atomic E-state index is 4.37. The van der Waals surface area contributed by atoms with Crippen molar-refractivity contribution in [2.45, 2.75) is 13.8 Å². The first-order chi connectivity index (χ1) is 5.77. The quantitative estimate of drug-likeness (QED) is 0.625. The molecule has 0 aromatic carbocycles. The number of aromatic nitrogens is 2. The first kappa shape index (κ1) is 7.21. The van der Waals surface area contributed by atoms with Crippen LogP contribution >= 0.6 is 0 Å². The van der Waals surface area contributed by atoms with E-state index < -0.39 is 0 Å². The Morgan fingerprint density at radius 2 is 2.17 bits per heavy atom. The zero-order valence-corrected chi connectivity index (χ0v) is 7.13. The molecule has 0 unspecified atom stereocenters. The van der Waals surface area contributed by atoms with E-state index in [9.17, 15) is 0 Å². The van der Waals surface area contributed by atoms with E-state index in [-0.39, 0.29) is 0 Å². The smallest absolute Gasteiger partial charge is 0.155 e. The average Bonchev–Trinajstić information content (AvgIpc) is 2.07. The Morgan fingerprint density at radius 1 is 1.33 bits per heavy atom. The van der Waals surface area contributed by atoms with Crippen LogP contribution in [0.1, 0.15) is 12.6 Å². The standard InChI is InChI=1S/C8H10N4/c1-5-3-9-8-7(12-5)6(2)10-4-11-8/h4H,3H2,1-2H3,(H,9,10,11). The SMILES string of the molecule is CC1=Nc2c(C)ncnc2NC1. The van der Waals surface area contributed by atoms with Gasteiger partial charge in [-0.25, -0.2) is 9.97 Å². The van der Waals surface area contributed by atoms with E-state index in [0.717, 1.165) is 29.5 Å². The fourth-order valence-electron chi connectivity index (χ4n) is 1.17. The molecule has 62 valence electrons. The third-order valence-corrected chi connectivity index (χ3v) is 1.82. The normalized spacial score (nSPS) is 14.7. The van der Waals surface area contributed by atoms with Crippen molar-refractivity contribution >= 4 is 17.2 Å². The van der Waals surface area contributed by atoms with E-state index in [1.165, 1.54) is 0 Å². The van der Waals surface area contributed by atoms with Gasteiger partial charge in [-0.2, -0.15) is 0 Å². The van der Waals surface area contributed by atoms with Gasteiger partial charge in [0, 0.05) is 5.71 Å². The van der Waals surface area contributed by atoms with Crippen molar-refractivity contribution in [3.8, 4) is 0 Å². The van der Waals surface area contributed by atoms with Gasteiger partial charge >= 0.3 is 0 Å². The van der Waals surface area contributed by atoms with Crippen molar-refractivity contribution in [1.82, 2.24) is 9.97 Å². The molecule has 1 N–H and O–H groups in total. The molecule has 0 saturated carbocycles. The lowest BCUT2D eigenvalue weighted by Crippen LogP contribution is -2.16. The summed E-state index contributed by atoms with van der Waals surface area (Å²) in [5.74, 6) is 0.841. The Balaban J connectivity index is 2.59. The van der Waals surface area contributed by atoms with E-state index >= 15 is 0 Å². The monoisotopic (exact) mass is 162 g/mol. The third kappa shape index (κ3) is 1.05. The molecule has 2 rings (SSSR count). The molecule has 0 radical (unpaired) electrons.